The summed E-state index contributed by atoms with van der Waals surface area (Å²) in [5, 5.41) is 0. The number of phosphoric ester groups is 1. The van der Waals surface area contributed by atoms with Crippen LogP contribution in [0.1, 0.15) is 38.8 Å². The fraction of sp³-hybridized carbons (Fsp3) is 0.692. The molecule has 0 aliphatic carbocycles. The molecule has 9 nitrogen and oxygen atoms in total. The van der Waals surface area contributed by atoms with Crippen LogP contribution in [-0.4, -0.2) is 33.8 Å². The highest BCUT2D eigenvalue weighted by molar-refractivity contribution is 7.47. The van der Waals surface area contributed by atoms with Crippen LogP contribution in [0.4, 0.5) is 5.82 Å². The number of ether oxygens (including phenoxy) is 1. The highest BCUT2D eigenvalue weighted by Crippen LogP contribution is 2.44. The summed E-state index contributed by atoms with van der Waals surface area (Å²) in [6.45, 7) is 2.05. The van der Waals surface area contributed by atoms with Crippen LogP contribution in [0.15, 0.2) is 17.1 Å². The van der Waals surface area contributed by atoms with Gasteiger partial charge in [0, 0.05) is 6.20 Å². The average Bonchev–Trinajstić information content (AvgIpc) is 2.94. The number of hydrogen-bond acceptors (Lipinski definition) is 7. The second-order valence-electron chi connectivity index (χ2n) is 5.28. The van der Waals surface area contributed by atoms with Gasteiger partial charge in [-0.25, -0.2) is 9.36 Å². The van der Waals surface area contributed by atoms with E-state index in [9.17, 15) is 14.3 Å². The fourth-order valence-corrected chi connectivity index (χ4v) is 2.99. The summed E-state index contributed by atoms with van der Waals surface area (Å²) in [6.07, 6.45) is 3.36. The van der Waals surface area contributed by atoms with Crippen molar-refractivity contribution in [3.63, 3.8) is 0 Å². The third kappa shape index (κ3) is 5.40. The van der Waals surface area contributed by atoms with Gasteiger partial charge in [0.15, 0.2) is 0 Å². The quantitative estimate of drug-likeness (QED) is 0.534. The van der Waals surface area contributed by atoms with Crippen molar-refractivity contribution in [2.24, 2.45) is 0 Å². The molecule has 3 unspecified atom stereocenters. The minimum atomic E-state index is -4.06. The smallest absolute Gasteiger partial charge is 0.383 e. The molecule has 1 aromatic rings. The van der Waals surface area contributed by atoms with E-state index in [2.05, 4.69) is 4.98 Å². The van der Waals surface area contributed by atoms with Gasteiger partial charge in [-0.3, -0.25) is 13.6 Å². The lowest BCUT2D eigenvalue weighted by atomic mass is 10.2. The van der Waals surface area contributed by atoms with Crippen molar-refractivity contribution in [1.29, 1.82) is 0 Å². The highest BCUT2D eigenvalue weighted by Gasteiger charge is 2.30. The number of rotatable bonds is 8. The van der Waals surface area contributed by atoms with Gasteiger partial charge in [-0.15, -0.1) is 0 Å². The average molecular weight is 347 g/mol. The minimum Gasteiger partial charge on any atom is -0.383 e. The number of nitrogens with two attached hydrogens (primary N) is 1. The Balaban J connectivity index is 1.83. The van der Waals surface area contributed by atoms with Gasteiger partial charge >= 0.3 is 13.5 Å². The van der Waals surface area contributed by atoms with E-state index in [4.69, 9.17) is 19.5 Å². The highest BCUT2D eigenvalue weighted by atomic mass is 31.2. The second kappa shape index (κ2) is 8.03. The molecule has 0 saturated carbocycles. The third-order valence-corrected chi connectivity index (χ3v) is 4.41. The van der Waals surface area contributed by atoms with Gasteiger partial charge in [-0.1, -0.05) is 13.3 Å². The summed E-state index contributed by atoms with van der Waals surface area (Å²) in [4.78, 5) is 24.9. The molecular weight excluding hydrogens is 325 g/mol. The molecule has 23 heavy (non-hydrogen) atoms. The van der Waals surface area contributed by atoms with E-state index >= 15 is 0 Å². The van der Waals surface area contributed by atoms with Gasteiger partial charge in [-0.05, 0) is 25.3 Å². The molecule has 10 heteroatoms. The molecule has 1 aliphatic heterocycles. The van der Waals surface area contributed by atoms with E-state index in [0.29, 0.717) is 19.3 Å². The van der Waals surface area contributed by atoms with Gasteiger partial charge < -0.3 is 15.4 Å². The van der Waals surface area contributed by atoms with Crippen molar-refractivity contribution in [2.75, 3.05) is 18.9 Å². The molecule has 130 valence electrons. The monoisotopic (exact) mass is 347 g/mol. The zero-order valence-electron chi connectivity index (χ0n) is 13.0. The summed E-state index contributed by atoms with van der Waals surface area (Å²) >= 11 is 0. The minimum absolute atomic E-state index is 0.0758. The molecule has 1 saturated heterocycles. The summed E-state index contributed by atoms with van der Waals surface area (Å²) in [6, 6.07) is 1.51. The van der Waals surface area contributed by atoms with E-state index in [1.165, 1.54) is 16.8 Å². The number of nitrogen functional groups attached to an aromatic ring is 1. The van der Waals surface area contributed by atoms with Crippen LogP contribution in [-0.2, 0) is 18.3 Å². The van der Waals surface area contributed by atoms with E-state index in [1.54, 1.807) is 0 Å². The van der Waals surface area contributed by atoms with Crippen molar-refractivity contribution in [1.82, 2.24) is 9.55 Å². The molecule has 0 bridgehead atoms. The van der Waals surface area contributed by atoms with E-state index in [0.717, 1.165) is 6.42 Å². The molecular formula is C13H22N3O6P. The lowest BCUT2D eigenvalue weighted by molar-refractivity contribution is -0.0259. The van der Waals surface area contributed by atoms with Crippen LogP contribution in [0.2, 0.25) is 0 Å². The van der Waals surface area contributed by atoms with Crippen molar-refractivity contribution < 1.29 is 23.2 Å². The lowest BCUT2D eigenvalue weighted by Crippen LogP contribution is -2.27. The first kappa shape index (κ1) is 18.1. The first-order chi connectivity index (χ1) is 10.9. The number of hydrogen-bond donors (Lipinski definition) is 2. The number of phosphoric acid groups is 1. The topological polar surface area (TPSA) is 126 Å². The molecule has 3 atom stereocenters. The molecule has 0 amide bonds. The Bertz CT molecular complexity index is 622. The number of anilines is 1. The van der Waals surface area contributed by atoms with E-state index < -0.39 is 19.7 Å². The first-order valence-corrected chi connectivity index (χ1v) is 9.03. The third-order valence-electron chi connectivity index (χ3n) is 3.42. The van der Waals surface area contributed by atoms with E-state index in [-0.39, 0.29) is 25.1 Å². The lowest BCUT2D eigenvalue weighted by Gasteiger charge is -2.17. The van der Waals surface area contributed by atoms with Gasteiger partial charge in [0.05, 0.1) is 19.3 Å². The molecule has 2 heterocycles. The van der Waals surface area contributed by atoms with Gasteiger partial charge in [0.25, 0.3) is 0 Å². The van der Waals surface area contributed by atoms with Crippen LogP contribution in [0.3, 0.4) is 0 Å². The number of aromatic nitrogens is 2. The molecule has 3 N–H and O–H groups in total. The van der Waals surface area contributed by atoms with Gasteiger partial charge in [0.1, 0.15) is 12.0 Å². The summed E-state index contributed by atoms with van der Waals surface area (Å²) in [5.41, 5.74) is 4.95. The van der Waals surface area contributed by atoms with Crippen LogP contribution < -0.4 is 11.4 Å². The maximum atomic E-state index is 11.8. The standard InChI is InChI=1S/C13H22N3O6P/c1-2-3-8-20-23(18,19)21-9-10-4-5-12(22-10)16-7-6-11(14)15-13(16)17/h6-7,10,12H,2-5,8-9H2,1H3,(H,18,19)(H2,14,15,17). The Morgan fingerprint density at radius 3 is 3.00 bits per heavy atom. The Kier molecular flexibility index (Phi) is 6.32. The number of nitrogens with zero attached hydrogens (tertiary/aromatic N) is 2. The van der Waals surface area contributed by atoms with Crippen LogP contribution in [0.25, 0.3) is 0 Å². The van der Waals surface area contributed by atoms with Crippen LogP contribution >= 0.6 is 7.82 Å². The maximum Gasteiger partial charge on any atom is 0.472 e. The zero-order valence-corrected chi connectivity index (χ0v) is 13.9. The molecule has 0 radical (unpaired) electrons. The van der Waals surface area contributed by atoms with Crippen molar-refractivity contribution in [3.05, 3.63) is 22.7 Å². The van der Waals surface area contributed by atoms with Crippen LogP contribution in [0, 0.1) is 0 Å². The predicted octanol–water partition coefficient (Wildman–Crippen LogP) is 1.44. The molecule has 1 aliphatic rings. The second-order valence-corrected chi connectivity index (χ2v) is 6.74. The molecule has 0 aromatic carbocycles. The molecule has 1 aromatic heterocycles. The SMILES string of the molecule is CCCCOP(=O)(O)OCC1CCC(n2ccc(N)nc2=O)O1. The number of unbranched alkanes of at least 4 members (excludes halogenated alkanes) is 1. The Morgan fingerprint density at radius 2 is 2.30 bits per heavy atom. The normalized spacial score (nSPS) is 23.7. The summed E-state index contributed by atoms with van der Waals surface area (Å²) in [7, 11) is -4.06. The van der Waals surface area contributed by atoms with E-state index in [1.807, 2.05) is 6.92 Å². The summed E-state index contributed by atoms with van der Waals surface area (Å²) in [5.74, 6) is 0.148. The Morgan fingerprint density at radius 1 is 1.52 bits per heavy atom. The van der Waals surface area contributed by atoms with Crippen molar-refractivity contribution in [2.45, 2.75) is 44.9 Å². The zero-order chi connectivity index (χ0) is 16.9. The van der Waals surface area contributed by atoms with Crippen LogP contribution in [0.5, 0.6) is 0 Å². The predicted molar refractivity (Wildman–Crippen MR) is 82.7 cm³/mol. The Labute approximate surface area is 134 Å². The van der Waals surface area contributed by atoms with Crippen molar-refractivity contribution >= 4 is 13.6 Å². The summed E-state index contributed by atoms with van der Waals surface area (Å²) < 4.78 is 28.4. The fourth-order valence-electron chi connectivity index (χ4n) is 2.20. The van der Waals surface area contributed by atoms with Gasteiger partial charge in [0.2, 0.25) is 0 Å². The largest absolute Gasteiger partial charge is 0.472 e. The molecule has 2 rings (SSSR count). The first-order valence-electron chi connectivity index (χ1n) is 7.53. The van der Waals surface area contributed by atoms with Crippen molar-refractivity contribution in [3.8, 4) is 0 Å². The molecule has 1 fully saturated rings. The maximum absolute atomic E-state index is 11.8. The Hall–Kier alpha value is -1.25. The van der Waals surface area contributed by atoms with Gasteiger partial charge in [-0.2, -0.15) is 4.98 Å². The molecule has 0 spiro atoms.